The first-order valence-corrected chi connectivity index (χ1v) is 12.6. The van der Waals surface area contributed by atoms with E-state index in [9.17, 15) is 14.4 Å². The van der Waals surface area contributed by atoms with Crippen LogP contribution in [0.4, 0.5) is 4.79 Å². The second-order valence-electron chi connectivity index (χ2n) is 9.09. The molecule has 0 radical (unpaired) electrons. The van der Waals surface area contributed by atoms with Crippen molar-refractivity contribution in [1.29, 1.82) is 0 Å². The van der Waals surface area contributed by atoms with Crippen molar-refractivity contribution in [2.24, 2.45) is 5.41 Å². The minimum atomic E-state index is -0.678. The lowest BCUT2D eigenvalue weighted by atomic mass is 9.85. The van der Waals surface area contributed by atoms with Gasteiger partial charge in [-0.2, -0.15) is 0 Å². The van der Waals surface area contributed by atoms with Gasteiger partial charge in [0.2, 0.25) is 11.8 Å². The summed E-state index contributed by atoms with van der Waals surface area (Å²) in [5.41, 5.74) is 4.49. The average molecular weight is 568 g/mol. The summed E-state index contributed by atoms with van der Waals surface area (Å²) in [7, 11) is 0. The molecule has 3 rings (SSSR count). The van der Waals surface area contributed by atoms with E-state index < -0.39 is 17.5 Å². The van der Waals surface area contributed by atoms with Crippen molar-refractivity contribution in [3.8, 4) is 10.4 Å². The van der Waals surface area contributed by atoms with E-state index in [1.54, 1.807) is 38.8 Å². The number of likely N-dealkylation sites (tertiary alicyclic amines) is 1. The van der Waals surface area contributed by atoms with Crippen LogP contribution in [-0.2, 0) is 16.1 Å². The van der Waals surface area contributed by atoms with Gasteiger partial charge in [-0.05, 0) is 36.3 Å². The zero-order valence-corrected chi connectivity index (χ0v) is 21.7. The number of hydrogen-bond donors (Lipinski definition) is 2. The fourth-order valence-corrected chi connectivity index (χ4v) is 5.01. The molecule has 2 atom stereocenters. The van der Waals surface area contributed by atoms with Crippen molar-refractivity contribution in [3.05, 3.63) is 41.0 Å². The molecule has 9 heteroatoms. The molecule has 2 N–H and O–H groups in total. The molecule has 1 aliphatic heterocycles. The summed E-state index contributed by atoms with van der Waals surface area (Å²) in [5.74, 6) is -0.365. The number of rotatable bonds is 6. The fourth-order valence-electron chi connectivity index (χ4n) is 3.89. The highest BCUT2D eigenvalue weighted by Gasteiger charge is 2.41. The van der Waals surface area contributed by atoms with Gasteiger partial charge in [0.1, 0.15) is 12.1 Å². The van der Waals surface area contributed by atoms with Crippen molar-refractivity contribution < 1.29 is 14.4 Å². The van der Waals surface area contributed by atoms with Gasteiger partial charge in [0.25, 0.3) is 3.91 Å². The van der Waals surface area contributed by atoms with Crippen LogP contribution >= 0.6 is 33.9 Å². The monoisotopic (exact) mass is 568 g/mol. The molecule has 0 spiro atoms. The zero-order valence-electron chi connectivity index (χ0n) is 18.8. The molecule has 1 aromatic heterocycles. The molecule has 2 aromatic rings. The van der Waals surface area contributed by atoms with Gasteiger partial charge in [-0.25, -0.2) is 4.98 Å². The lowest BCUT2D eigenvalue weighted by molar-refractivity contribution is -0.141. The van der Waals surface area contributed by atoms with Crippen molar-refractivity contribution in [2.75, 3.05) is 6.54 Å². The number of carbonyl (C=O) groups excluding carboxylic acids is 3. The van der Waals surface area contributed by atoms with E-state index in [2.05, 4.69) is 15.6 Å². The van der Waals surface area contributed by atoms with Crippen LogP contribution in [0, 0.1) is 12.3 Å². The van der Waals surface area contributed by atoms with Crippen LogP contribution < -0.4 is 10.6 Å². The standard InChI is InChI=1S/C23H29IN4O3S/c1-14-18(32-13-26-14)16-9-7-15(8-10-16)12-25-20(29)17-6-5-11-28(17)21(30)19(23(2,3)4)27-22(24)31/h7-10,13,17,19H,5-6,11-12H2,1-4H3,(H,25,29)(H,27,31)/t17-,19+/m0/s1. The van der Waals surface area contributed by atoms with Crippen molar-refractivity contribution in [3.63, 3.8) is 0 Å². The average Bonchev–Trinajstić information content (AvgIpc) is 3.38. The van der Waals surface area contributed by atoms with Crippen LogP contribution in [0.15, 0.2) is 29.8 Å². The molecule has 0 aliphatic carbocycles. The summed E-state index contributed by atoms with van der Waals surface area (Å²) >= 11 is 3.25. The number of amides is 3. The Morgan fingerprint density at radius 1 is 1.25 bits per heavy atom. The van der Waals surface area contributed by atoms with Crippen LogP contribution in [0.1, 0.15) is 44.9 Å². The molecule has 172 valence electrons. The van der Waals surface area contributed by atoms with Crippen LogP contribution in [0.5, 0.6) is 0 Å². The highest BCUT2D eigenvalue weighted by Crippen LogP contribution is 2.28. The maximum absolute atomic E-state index is 13.2. The third kappa shape index (κ3) is 5.86. The van der Waals surface area contributed by atoms with Gasteiger partial charge >= 0.3 is 0 Å². The summed E-state index contributed by atoms with van der Waals surface area (Å²) in [6.45, 7) is 8.63. The third-order valence-electron chi connectivity index (χ3n) is 5.64. The molecule has 1 aromatic carbocycles. The van der Waals surface area contributed by atoms with Crippen LogP contribution in [-0.4, -0.2) is 44.2 Å². The fraction of sp³-hybridized carbons (Fsp3) is 0.478. The smallest absolute Gasteiger partial charge is 0.281 e. The first-order chi connectivity index (χ1) is 15.1. The largest absolute Gasteiger partial charge is 0.350 e. The lowest BCUT2D eigenvalue weighted by Crippen LogP contribution is -2.56. The molecule has 7 nitrogen and oxygen atoms in total. The Balaban J connectivity index is 1.63. The molecule has 0 unspecified atom stereocenters. The van der Waals surface area contributed by atoms with Gasteiger partial charge in [-0.1, -0.05) is 45.0 Å². The highest BCUT2D eigenvalue weighted by atomic mass is 127. The van der Waals surface area contributed by atoms with Gasteiger partial charge in [0.05, 0.1) is 16.1 Å². The summed E-state index contributed by atoms with van der Waals surface area (Å²) < 4.78 is -0.284. The molecular formula is C23H29IN4O3S. The Labute approximate surface area is 206 Å². The van der Waals surface area contributed by atoms with Gasteiger partial charge in [-0.3, -0.25) is 14.4 Å². The first-order valence-electron chi connectivity index (χ1n) is 10.6. The SMILES string of the molecule is Cc1ncsc1-c1ccc(CNC(=O)[C@@H]2CCCN2C(=O)[C@@H](NC(=O)I)C(C)(C)C)cc1. The van der Waals surface area contributed by atoms with Crippen molar-refractivity contribution in [2.45, 2.75) is 59.2 Å². The molecule has 3 amide bonds. The van der Waals surface area contributed by atoms with Gasteiger partial charge in [0, 0.05) is 35.7 Å². The Hall–Kier alpha value is -2.01. The Morgan fingerprint density at radius 2 is 1.94 bits per heavy atom. The molecule has 1 saturated heterocycles. The minimum absolute atomic E-state index is 0.160. The molecule has 32 heavy (non-hydrogen) atoms. The highest BCUT2D eigenvalue weighted by molar-refractivity contribution is 14.1. The van der Waals surface area contributed by atoms with Gasteiger partial charge < -0.3 is 15.5 Å². The van der Waals surface area contributed by atoms with Crippen molar-refractivity contribution in [1.82, 2.24) is 20.5 Å². The Morgan fingerprint density at radius 3 is 2.50 bits per heavy atom. The number of aryl methyl sites for hydroxylation is 1. The molecule has 0 bridgehead atoms. The second-order valence-corrected chi connectivity index (χ2v) is 10.9. The number of nitrogens with one attached hydrogen (secondary N) is 2. The molecule has 2 heterocycles. The second kappa shape index (κ2) is 10.3. The predicted octanol–water partition coefficient (Wildman–Crippen LogP) is 4.29. The normalized spacial score (nSPS) is 17.2. The first kappa shape index (κ1) is 24.6. The van der Waals surface area contributed by atoms with Crippen LogP contribution in [0.2, 0.25) is 0 Å². The number of thiazole rings is 1. The summed E-state index contributed by atoms with van der Waals surface area (Å²) in [6.07, 6.45) is 1.39. The molecule has 1 fully saturated rings. The number of nitrogens with zero attached hydrogens (tertiary/aromatic N) is 2. The van der Waals surface area contributed by atoms with E-state index in [0.717, 1.165) is 28.1 Å². The van der Waals surface area contributed by atoms with E-state index in [1.165, 1.54) is 0 Å². The number of benzene rings is 1. The third-order valence-corrected chi connectivity index (χ3v) is 6.93. The lowest BCUT2D eigenvalue weighted by Gasteiger charge is -2.35. The minimum Gasteiger partial charge on any atom is -0.350 e. The number of halogens is 1. The maximum atomic E-state index is 13.2. The zero-order chi connectivity index (χ0) is 23.5. The van der Waals surface area contributed by atoms with E-state index in [1.807, 2.05) is 57.5 Å². The summed E-state index contributed by atoms with van der Waals surface area (Å²) in [4.78, 5) is 44.8. The molecular weight excluding hydrogens is 539 g/mol. The maximum Gasteiger partial charge on any atom is 0.281 e. The van der Waals surface area contributed by atoms with E-state index in [0.29, 0.717) is 19.5 Å². The quantitative estimate of drug-likeness (QED) is 0.309. The van der Waals surface area contributed by atoms with E-state index in [4.69, 9.17) is 0 Å². The molecule has 1 aliphatic rings. The van der Waals surface area contributed by atoms with Gasteiger partial charge in [-0.15, -0.1) is 11.3 Å². The Bertz CT molecular complexity index is 984. The number of hydrogen-bond acceptors (Lipinski definition) is 5. The van der Waals surface area contributed by atoms with Crippen LogP contribution in [0.3, 0.4) is 0 Å². The van der Waals surface area contributed by atoms with E-state index >= 15 is 0 Å². The summed E-state index contributed by atoms with van der Waals surface area (Å²) in [6, 6.07) is 6.87. The Kier molecular flexibility index (Phi) is 7.92. The predicted molar refractivity (Wildman–Crippen MR) is 135 cm³/mol. The molecule has 0 saturated carbocycles. The van der Waals surface area contributed by atoms with Gasteiger partial charge in [0.15, 0.2) is 0 Å². The topological polar surface area (TPSA) is 91.4 Å². The number of carbonyl (C=O) groups is 3. The van der Waals surface area contributed by atoms with Crippen molar-refractivity contribution >= 4 is 49.7 Å². The van der Waals surface area contributed by atoms with Crippen LogP contribution in [0.25, 0.3) is 10.4 Å². The van der Waals surface area contributed by atoms with E-state index in [-0.39, 0.29) is 15.7 Å². The number of aromatic nitrogens is 1. The summed E-state index contributed by atoms with van der Waals surface area (Å²) in [5, 5.41) is 5.73.